The van der Waals surface area contributed by atoms with E-state index in [0.717, 1.165) is 13.1 Å². The molecule has 0 spiro atoms. The number of aliphatic carboxylic acids is 1. The Morgan fingerprint density at radius 3 is 2.38 bits per heavy atom. The normalized spacial score (nSPS) is 23.2. The fraction of sp³-hybridized carbons (Fsp3) is 0.917. The van der Waals surface area contributed by atoms with Crippen LogP contribution >= 0.6 is 0 Å². The van der Waals surface area contributed by atoms with E-state index < -0.39 is 22.1 Å². The second-order valence-electron chi connectivity index (χ2n) is 5.36. The number of piperidine rings is 1. The molecule has 2 fully saturated rings. The fourth-order valence-corrected chi connectivity index (χ4v) is 3.82. The molecule has 2 saturated heterocycles. The maximum Gasteiger partial charge on any atom is 0.306 e. The van der Waals surface area contributed by atoms with Crippen molar-refractivity contribution in [2.24, 2.45) is 5.92 Å². The van der Waals surface area contributed by atoms with Crippen molar-refractivity contribution in [3.63, 3.8) is 0 Å². The molecule has 2 heterocycles. The lowest BCUT2D eigenvalue weighted by Crippen LogP contribution is -2.48. The van der Waals surface area contributed by atoms with Gasteiger partial charge in [0.2, 0.25) is 0 Å². The molecule has 0 radical (unpaired) electrons. The highest BCUT2D eigenvalue weighted by Crippen LogP contribution is 2.18. The summed E-state index contributed by atoms with van der Waals surface area (Å²) < 4.78 is 33.4. The van der Waals surface area contributed by atoms with Crippen molar-refractivity contribution < 1.29 is 23.1 Å². The molecule has 9 heteroatoms. The minimum atomic E-state index is -3.50. The molecule has 0 aromatic carbocycles. The molecule has 8 nitrogen and oxygen atoms in total. The lowest BCUT2D eigenvalue weighted by atomic mass is 9.99. The molecule has 2 aliphatic heterocycles. The molecular formula is C12H23N3O5S. The molecule has 0 saturated carbocycles. The summed E-state index contributed by atoms with van der Waals surface area (Å²) in [6.07, 6.45) is 0.749. The zero-order valence-electron chi connectivity index (χ0n) is 12.0. The van der Waals surface area contributed by atoms with Gasteiger partial charge in [-0.25, -0.2) is 4.72 Å². The molecule has 0 aromatic rings. The number of rotatable bonds is 6. The molecular weight excluding hydrogens is 298 g/mol. The Balaban J connectivity index is 1.73. The number of morpholine rings is 1. The maximum atomic E-state index is 12.1. The lowest BCUT2D eigenvalue weighted by Gasteiger charge is -2.30. The van der Waals surface area contributed by atoms with Gasteiger partial charge in [0.1, 0.15) is 0 Å². The monoisotopic (exact) mass is 321 g/mol. The standard InChI is InChI=1S/C12H23N3O5S/c16-12(17)11-1-4-15(5-2-11)21(18,19)13-3-6-14-7-9-20-10-8-14/h11,13H,1-10H2,(H,16,17). The predicted molar refractivity (Wildman–Crippen MR) is 76.1 cm³/mol. The van der Waals surface area contributed by atoms with Crippen LogP contribution in [-0.4, -0.2) is 81.2 Å². The summed E-state index contributed by atoms with van der Waals surface area (Å²) in [7, 11) is -3.50. The number of hydrogen-bond donors (Lipinski definition) is 2. The maximum absolute atomic E-state index is 12.1. The van der Waals surface area contributed by atoms with Crippen molar-refractivity contribution in [1.82, 2.24) is 13.9 Å². The third-order valence-electron chi connectivity index (χ3n) is 3.96. The molecule has 21 heavy (non-hydrogen) atoms. The van der Waals surface area contributed by atoms with Crippen LogP contribution in [0.15, 0.2) is 0 Å². The number of carboxylic acid groups (broad SMARTS) is 1. The summed E-state index contributed by atoms with van der Waals surface area (Å²) >= 11 is 0. The molecule has 0 atom stereocenters. The first-order valence-electron chi connectivity index (χ1n) is 7.26. The average Bonchev–Trinajstić information content (AvgIpc) is 2.48. The third kappa shape index (κ3) is 4.89. The van der Waals surface area contributed by atoms with Crippen molar-refractivity contribution in [3.05, 3.63) is 0 Å². The molecule has 0 unspecified atom stereocenters. The van der Waals surface area contributed by atoms with E-state index in [4.69, 9.17) is 9.84 Å². The summed E-state index contributed by atoms with van der Waals surface area (Å²) in [5.41, 5.74) is 0. The topological polar surface area (TPSA) is 99.2 Å². The van der Waals surface area contributed by atoms with Gasteiger partial charge in [-0.15, -0.1) is 0 Å². The van der Waals surface area contributed by atoms with E-state index in [9.17, 15) is 13.2 Å². The van der Waals surface area contributed by atoms with Gasteiger partial charge in [0.25, 0.3) is 10.2 Å². The Labute approximate surface area is 125 Å². The lowest BCUT2D eigenvalue weighted by molar-refractivity contribution is -0.142. The van der Waals surface area contributed by atoms with Crippen LogP contribution < -0.4 is 4.72 Å². The first-order valence-corrected chi connectivity index (χ1v) is 8.71. The SMILES string of the molecule is O=C(O)C1CCN(S(=O)(=O)NCCN2CCOCC2)CC1. The minimum absolute atomic E-state index is 0.268. The van der Waals surface area contributed by atoms with E-state index >= 15 is 0 Å². The van der Waals surface area contributed by atoms with Gasteiger partial charge in [0.05, 0.1) is 19.1 Å². The Kier molecular flexibility index (Phi) is 5.94. The second kappa shape index (κ2) is 7.50. The highest BCUT2D eigenvalue weighted by Gasteiger charge is 2.30. The van der Waals surface area contributed by atoms with Crippen LogP contribution in [0.5, 0.6) is 0 Å². The van der Waals surface area contributed by atoms with Crippen LogP contribution in [0.3, 0.4) is 0 Å². The van der Waals surface area contributed by atoms with Crippen molar-refractivity contribution in [2.45, 2.75) is 12.8 Å². The Hall–Kier alpha value is -0.740. The number of nitrogens with one attached hydrogen (secondary N) is 1. The van der Waals surface area contributed by atoms with Crippen molar-refractivity contribution in [2.75, 3.05) is 52.5 Å². The number of carboxylic acids is 1. The Morgan fingerprint density at radius 2 is 1.81 bits per heavy atom. The van der Waals surface area contributed by atoms with Gasteiger partial charge in [-0.3, -0.25) is 9.69 Å². The first kappa shape index (κ1) is 16.6. The zero-order valence-corrected chi connectivity index (χ0v) is 12.8. The van der Waals surface area contributed by atoms with Crippen molar-refractivity contribution in [3.8, 4) is 0 Å². The molecule has 2 aliphatic rings. The van der Waals surface area contributed by atoms with E-state index in [1.165, 1.54) is 4.31 Å². The predicted octanol–water partition coefficient (Wildman–Crippen LogP) is -1.05. The summed E-state index contributed by atoms with van der Waals surface area (Å²) in [4.78, 5) is 13.0. The third-order valence-corrected chi connectivity index (χ3v) is 5.57. The van der Waals surface area contributed by atoms with Crippen LogP contribution in [0.1, 0.15) is 12.8 Å². The van der Waals surface area contributed by atoms with Crippen LogP contribution in [0.2, 0.25) is 0 Å². The molecule has 0 aliphatic carbocycles. The van der Waals surface area contributed by atoms with Crippen molar-refractivity contribution in [1.29, 1.82) is 0 Å². The number of carbonyl (C=O) groups is 1. The number of ether oxygens (including phenoxy) is 1. The number of nitrogens with zero attached hydrogens (tertiary/aromatic N) is 2. The van der Waals surface area contributed by atoms with Gasteiger partial charge >= 0.3 is 5.97 Å². The van der Waals surface area contributed by atoms with E-state index in [1.807, 2.05) is 0 Å². The first-order chi connectivity index (χ1) is 9.99. The van der Waals surface area contributed by atoms with Crippen LogP contribution in [-0.2, 0) is 19.7 Å². The second-order valence-corrected chi connectivity index (χ2v) is 7.12. The quantitative estimate of drug-likeness (QED) is 0.648. The van der Waals surface area contributed by atoms with E-state index in [0.29, 0.717) is 39.1 Å². The molecule has 0 aromatic heterocycles. The van der Waals surface area contributed by atoms with E-state index in [2.05, 4.69) is 9.62 Å². The smallest absolute Gasteiger partial charge is 0.306 e. The summed E-state index contributed by atoms with van der Waals surface area (Å²) in [6, 6.07) is 0. The van der Waals surface area contributed by atoms with E-state index in [-0.39, 0.29) is 13.1 Å². The minimum Gasteiger partial charge on any atom is -0.481 e. The summed E-state index contributed by atoms with van der Waals surface area (Å²) in [5.74, 6) is -1.27. The molecule has 2 N–H and O–H groups in total. The zero-order chi connectivity index (χ0) is 15.3. The van der Waals surface area contributed by atoms with Gasteiger partial charge in [0, 0.05) is 39.3 Å². The highest BCUT2D eigenvalue weighted by atomic mass is 32.2. The summed E-state index contributed by atoms with van der Waals surface area (Å²) in [5, 5.41) is 8.91. The van der Waals surface area contributed by atoms with Crippen LogP contribution in [0, 0.1) is 5.92 Å². The number of hydrogen-bond acceptors (Lipinski definition) is 5. The Bertz CT molecular complexity index is 442. The highest BCUT2D eigenvalue weighted by molar-refractivity contribution is 7.87. The molecule has 122 valence electrons. The van der Waals surface area contributed by atoms with Gasteiger partial charge in [0.15, 0.2) is 0 Å². The van der Waals surface area contributed by atoms with Crippen molar-refractivity contribution >= 4 is 16.2 Å². The van der Waals surface area contributed by atoms with Gasteiger partial charge in [-0.05, 0) is 12.8 Å². The van der Waals surface area contributed by atoms with Crippen LogP contribution in [0.4, 0.5) is 0 Å². The van der Waals surface area contributed by atoms with E-state index in [1.54, 1.807) is 0 Å². The largest absolute Gasteiger partial charge is 0.481 e. The molecule has 0 bridgehead atoms. The Morgan fingerprint density at radius 1 is 1.19 bits per heavy atom. The van der Waals surface area contributed by atoms with Gasteiger partial charge in [-0.1, -0.05) is 0 Å². The van der Waals surface area contributed by atoms with Gasteiger partial charge < -0.3 is 9.84 Å². The van der Waals surface area contributed by atoms with Crippen LogP contribution in [0.25, 0.3) is 0 Å². The fourth-order valence-electron chi connectivity index (χ4n) is 2.59. The molecule has 0 amide bonds. The van der Waals surface area contributed by atoms with Gasteiger partial charge in [-0.2, -0.15) is 12.7 Å². The average molecular weight is 321 g/mol. The summed E-state index contributed by atoms with van der Waals surface area (Å²) in [6.45, 7) is 4.59. The molecule has 2 rings (SSSR count).